The van der Waals surface area contributed by atoms with Crippen LogP contribution in [0.3, 0.4) is 0 Å². The highest BCUT2D eigenvalue weighted by atomic mass is 16.5. The van der Waals surface area contributed by atoms with Crippen LogP contribution in [0.5, 0.6) is 11.5 Å². The molecule has 1 heterocycles. The summed E-state index contributed by atoms with van der Waals surface area (Å²) in [5.41, 5.74) is 0.515. The van der Waals surface area contributed by atoms with E-state index in [9.17, 15) is 14.7 Å². The van der Waals surface area contributed by atoms with Crippen molar-refractivity contribution in [2.75, 3.05) is 25.7 Å². The SMILES string of the molecule is COc1ccc(C(=O)C[C@@]2(O)C(=O)N(CCc3ccccc3)c3ccccc32)c(OC)c1. The van der Waals surface area contributed by atoms with Crippen LogP contribution in [0, 0.1) is 0 Å². The van der Waals surface area contributed by atoms with Crippen LogP contribution < -0.4 is 14.4 Å². The largest absolute Gasteiger partial charge is 0.497 e. The first-order valence-electron chi connectivity index (χ1n) is 10.4. The minimum Gasteiger partial charge on any atom is -0.497 e. The quantitative estimate of drug-likeness (QED) is 0.550. The molecule has 3 aromatic carbocycles. The summed E-state index contributed by atoms with van der Waals surface area (Å²) >= 11 is 0. The fourth-order valence-corrected chi connectivity index (χ4v) is 4.14. The second-order valence-corrected chi connectivity index (χ2v) is 7.74. The van der Waals surface area contributed by atoms with Gasteiger partial charge in [0.25, 0.3) is 5.91 Å². The Kier molecular flexibility index (Phi) is 5.97. The van der Waals surface area contributed by atoms with E-state index < -0.39 is 11.5 Å². The lowest BCUT2D eigenvalue weighted by Gasteiger charge is -2.23. The summed E-state index contributed by atoms with van der Waals surface area (Å²) in [5, 5.41) is 11.5. The van der Waals surface area contributed by atoms with Crippen LogP contribution in [-0.2, 0) is 16.8 Å². The van der Waals surface area contributed by atoms with E-state index in [-0.39, 0.29) is 17.8 Å². The molecule has 0 radical (unpaired) electrons. The number of carbonyl (C=O) groups excluding carboxylic acids is 2. The van der Waals surface area contributed by atoms with Gasteiger partial charge >= 0.3 is 0 Å². The number of fused-ring (bicyclic) bond motifs is 1. The highest BCUT2D eigenvalue weighted by Crippen LogP contribution is 2.43. The zero-order chi connectivity index (χ0) is 22.7. The summed E-state index contributed by atoms with van der Waals surface area (Å²) in [5.74, 6) is -0.000345. The smallest absolute Gasteiger partial charge is 0.264 e. The fraction of sp³-hybridized carbons (Fsp3) is 0.231. The number of ketones is 1. The summed E-state index contributed by atoms with van der Waals surface area (Å²) < 4.78 is 10.5. The molecule has 0 unspecified atom stereocenters. The fourth-order valence-electron chi connectivity index (χ4n) is 4.14. The highest BCUT2D eigenvalue weighted by molar-refractivity contribution is 6.11. The number of hydrogen-bond acceptors (Lipinski definition) is 5. The molecule has 0 saturated heterocycles. The van der Waals surface area contributed by atoms with Crippen LogP contribution in [0.25, 0.3) is 0 Å². The van der Waals surface area contributed by atoms with E-state index in [1.807, 2.05) is 36.4 Å². The van der Waals surface area contributed by atoms with Crippen molar-refractivity contribution in [3.05, 3.63) is 89.5 Å². The Bertz CT molecular complexity index is 1140. The number of hydrogen-bond donors (Lipinski definition) is 1. The average Bonchev–Trinajstić information content (AvgIpc) is 3.04. The van der Waals surface area contributed by atoms with Crippen LogP contribution in [0.2, 0.25) is 0 Å². The maximum atomic E-state index is 13.4. The van der Waals surface area contributed by atoms with Gasteiger partial charge in [0.2, 0.25) is 0 Å². The molecule has 1 amide bonds. The molecular formula is C26H25NO5. The molecule has 1 atom stereocenters. The Balaban J connectivity index is 1.62. The molecule has 4 rings (SSSR count). The van der Waals surface area contributed by atoms with E-state index >= 15 is 0 Å². The molecule has 32 heavy (non-hydrogen) atoms. The highest BCUT2D eigenvalue weighted by Gasteiger charge is 2.50. The van der Waals surface area contributed by atoms with E-state index in [0.29, 0.717) is 35.7 Å². The lowest BCUT2D eigenvalue weighted by molar-refractivity contribution is -0.135. The maximum absolute atomic E-state index is 13.4. The molecule has 164 valence electrons. The molecule has 0 bridgehead atoms. The normalized spacial score (nSPS) is 17.2. The number of methoxy groups -OCH3 is 2. The lowest BCUT2D eigenvalue weighted by Crippen LogP contribution is -2.42. The third-order valence-corrected chi connectivity index (χ3v) is 5.83. The van der Waals surface area contributed by atoms with Crippen molar-refractivity contribution in [3.8, 4) is 11.5 Å². The molecule has 1 aliphatic rings. The van der Waals surface area contributed by atoms with E-state index in [0.717, 1.165) is 5.56 Å². The second-order valence-electron chi connectivity index (χ2n) is 7.74. The number of anilines is 1. The van der Waals surface area contributed by atoms with Crippen molar-refractivity contribution < 1.29 is 24.2 Å². The molecule has 0 spiro atoms. The zero-order valence-electron chi connectivity index (χ0n) is 18.1. The van der Waals surface area contributed by atoms with E-state index in [1.165, 1.54) is 14.2 Å². The first kappa shape index (κ1) is 21.6. The number of para-hydroxylation sites is 1. The van der Waals surface area contributed by atoms with Crippen LogP contribution in [-0.4, -0.2) is 37.6 Å². The second kappa shape index (κ2) is 8.85. The van der Waals surface area contributed by atoms with Gasteiger partial charge in [0.1, 0.15) is 11.5 Å². The van der Waals surface area contributed by atoms with Crippen LogP contribution in [0.1, 0.15) is 27.9 Å². The number of rotatable bonds is 8. The van der Waals surface area contributed by atoms with Gasteiger partial charge in [0.05, 0.1) is 31.9 Å². The van der Waals surface area contributed by atoms with Gasteiger partial charge in [0, 0.05) is 18.2 Å². The zero-order valence-corrected chi connectivity index (χ0v) is 18.1. The van der Waals surface area contributed by atoms with Crippen molar-refractivity contribution in [1.29, 1.82) is 0 Å². The van der Waals surface area contributed by atoms with Crippen molar-refractivity contribution in [1.82, 2.24) is 0 Å². The predicted octanol–water partition coefficient (Wildman–Crippen LogP) is 3.75. The summed E-state index contributed by atoms with van der Waals surface area (Å²) in [6, 6.07) is 21.8. The number of amides is 1. The van der Waals surface area contributed by atoms with Gasteiger partial charge in [-0.1, -0.05) is 48.5 Å². The number of Topliss-reactive ketones (excluding diaryl/α,β-unsaturated/α-hetero) is 1. The summed E-state index contributed by atoms with van der Waals surface area (Å²) in [7, 11) is 2.98. The molecule has 1 aliphatic heterocycles. The molecular weight excluding hydrogens is 406 g/mol. The molecule has 6 nitrogen and oxygen atoms in total. The first-order valence-corrected chi connectivity index (χ1v) is 10.4. The van der Waals surface area contributed by atoms with Gasteiger partial charge in [-0.25, -0.2) is 0 Å². The molecule has 0 fully saturated rings. The third-order valence-electron chi connectivity index (χ3n) is 5.83. The first-order chi connectivity index (χ1) is 15.5. The van der Waals surface area contributed by atoms with E-state index in [2.05, 4.69) is 0 Å². The van der Waals surface area contributed by atoms with Gasteiger partial charge in [-0.15, -0.1) is 0 Å². The molecule has 0 saturated carbocycles. The van der Waals surface area contributed by atoms with E-state index in [1.54, 1.807) is 41.3 Å². The number of carbonyl (C=O) groups is 2. The van der Waals surface area contributed by atoms with Gasteiger partial charge in [-0.3, -0.25) is 9.59 Å². The standard InChI is InChI=1S/C26H25NO5/c1-31-19-12-13-20(24(16-19)32-2)23(28)17-26(30)21-10-6-7-11-22(21)27(25(26)29)15-14-18-8-4-3-5-9-18/h3-13,16,30H,14-15,17H2,1-2H3/t26-/m0/s1. The molecule has 1 N–H and O–H groups in total. The van der Waals surface area contributed by atoms with Crippen molar-refractivity contribution >= 4 is 17.4 Å². The van der Waals surface area contributed by atoms with E-state index in [4.69, 9.17) is 9.47 Å². The Hall–Kier alpha value is -3.64. The Morgan fingerprint density at radius 2 is 1.69 bits per heavy atom. The predicted molar refractivity (Wildman–Crippen MR) is 121 cm³/mol. The van der Waals surface area contributed by atoms with Crippen molar-refractivity contribution in [3.63, 3.8) is 0 Å². The van der Waals surface area contributed by atoms with Gasteiger partial charge in [-0.05, 0) is 30.2 Å². The minimum atomic E-state index is -1.94. The molecule has 0 aliphatic carbocycles. The third kappa shape index (κ3) is 3.85. The molecule has 6 heteroatoms. The number of ether oxygens (including phenoxy) is 2. The maximum Gasteiger partial charge on any atom is 0.264 e. The van der Waals surface area contributed by atoms with Crippen LogP contribution in [0.4, 0.5) is 5.69 Å². The Morgan fingerprint density at radius 1 is 0.969 bits per heavy atom. The number of benzene rings is 3. The number of aliphatic hydroxyl groups is 1. The number of nitrogens with zero attached hydrogens (tertiary/aromatic N) is 1. The topological polar surface area (TPSA) is 76.1 Å². The summed E-state index contributed by atoms with van der Waals surface area (Å²) in [6.45, 7) is 0.405. The Morgan fingerprint density at radius 3 is 2.41 bits per heavy atom. The summed E-state index contributed by atoms with van der Waals surface area (Å²) in [6.07, 6.45) is 0.255. The molecule has 3 aromatic rings. The molecule has 0 aromatic heterocycles. The average molecular weight is 431 g/mol. The minimum absolute atomic E-state index is 0.287. The van der Waals surface area contributed by atoms with Crippen molar-refractivity contribution in [2.45, 2.75) is 18.4 Å². The van der Waals surface area contributed by atoms with Crippen LogP contribution >= 0.6 is 0 Å². The summed E-state index contributed by atoms with van der Waals surface area (Å²) in [4.78, 5) is 28.1. The Labute approximate surface area is 187 Å². The van der Waals surface area contributed by atoms with Crippen LogP contribution in [0.15, 0.2) is 72.8 Å². The van der Waals surface area contributed by atoms with Gasteiger partial charge < -0.3 is 19.5 Å². The van der Waals surface area contributed by atoms with Crippen molar-refractivity contribution in [2.24, 2.45) is 0 Å². The van der Waals surface area contributed by atoms with Gasteiger partial charge in [-0.2, -0.15) is 0 Å². The van der Waals surface area contributed by atoms with Gasteiger partial charge in [0.15, 0.2) is 11.4 Å². The monoisotopic (exact) mass is 431 g/mol. The lowest BCUT2D eigenvalue weighted by atomic mass is 9.88.